The van der Waals surface area contributed by atoms with Gasteiger partial charge >= 0.3 is 0 Å². The Bertz CT molecular complexity index is 985. The van der Waals surface area contributed by atoms with Gasteiger partial charge in [0, 0.05) is 18.7 Å². The third-order valence-electron chi connectivity index (χ3n) is 4.53. The minimum Gasteiger partial charge on any atom is -0.375 e. The average molecular weight is 355 g/mol. The van der Waals surface area contributed by atoms with Gasteiger partial charge in [0.1, 0.15) is 5.82 Å². The van der Waals surface area contributed by atoms with Crippen LogP contribution in [0.15, 0.2) is 34.9 Å². The molecular formula is C19H18FN3O3. The number of carbonyl (C=O) groups excluding carboxylic acids is 1. The molecule has 0 spiro atoms. The standard InChI is InChI=1S/C19H18FN3O3/c1-11-10-23(7-8-25-11)19(24)14-9-16(13-5-3-4-6-15(13)20)21-18-17(14)12(2)22-26-18/h3-6,9,11H,7-8,10H2,1-2H3/t11-/m0/s1. The predicted molar refractivity (Wildman–Crippen MR) is 93.3 cm³/mol. The highest BCUT2D eigenvalue weighted by Gasteiger charge is 2.27. The SMILES string of the molecule is Cc1noc2nc(-c3ccccc3F)cc(C(=O)N3CCO[C@@H](C)C3)c12. The first-order valence-corrected chi connectivity index (χ1v) is 8.47. The van der Waals surface area contributed by atoms with Crippen LogP contribution < -0.4 is 0 Å². The third kappa shape index (κ3) is 2.84. The first-order valence-electron chi connectivity index (χ1n) is 8.47. The van der Waals surface area contributed by atoms with Crippen LogP contribution in [0.4, 0.5) is 4.39 Å². The Labute approximate surface area is 149 Å². The summed E-state index contributed by atoms with van der Waals surface area (Å²) in [5, 5.41) is 4.49. The Hall–Kier alpha value is -2.80. The second kappa shape index (κ2) is 6.49. The van der Waals surface area contributed by atoms with Gasteiger partial charge in [0.15, 0.2) is 0 Å². The molecule has 0 aliphatic carbocycles. The lowest BCUT2D eigenvalue weighted by Gasteiger charge is -2.31. The lowest BCUT2D eigenvalue weighted by atomic mass is 10.0. The van der Waals surface area contributed by atoms with Crippen molar-refractivity contribution in [3.05, 3.63) is 47.4 Å². The van der Waals surface area contributed by atoms with Gasteiger partial charge in [-0.05, 0) is 32.0 Å². The summed E-state index contributed by atoms with van der Waals surface area (Å²) in [5.74, 6) is -0.564. The number of morpholine rings is 1. The van der Waals surface area contributed by atoms with Crippen LogP contribution in [0.5, 0.6) is 0 Å². The molecular weight excluding hydrogens is 337 g/mol. The van der Waals surface area contributed by atoms with Gasteiger partial charge in [-0.15, -0.1) is 0 Å². The van der Waals surface area contributed by atoms with E-state index >= 15 is 0 Å². The Morgan fingerprint density at radius 1 is 1.35 bits per heavy atom. The number of carbonyl (C=O) groups is 1. The summed E-state index contributed by atoms with van der Waals surface area (Å²) in [6.45, 7) is 5.18. The summed E-state index contributed by atoms with van der Waals surface area (Å²) in [6.07, 6.45) is -0.0281. The highest BCUT2D eigenvalue weighted by molar-refractivity contribution is 6.07. The minimum absolute atomic E-state index is 0.0281. The molecule has 1 fully saturated rings. The van der Waals surface area contributed by atoms with Crippen LogP contribution in [0.2, 0.25) is 0 Å². The van der Waals surface area contributed by atoms with E-state index in [1.54, 1.807) is 36.1 Å². The van der Waals surface area contributed by atoms with E-state index in [9.17, 15) is 9.18 Å². The largest absolute Gasteiger partial charge is 0.375 e. The maximum atomic E-state index is 14.2. The molecule has 3 aromatic rings. The van der Waals surface area contributed by atoms with Crippen LogP contribution in [-0.2, 0) is 4.74 Å². The van der Waals surface area contributed by atoms with Gasteiger partial charge in [-0.1, -0.05) is 17.3 Å². The summed E-state index contributed by atoms with van der Waals surface area (Å²) >= 11 is 0. The van der Waals surface area contributed by atoms with Gasteiger partial charge in [0.25, 0.3) is 11.6 Å². The highest BCUT2D eigenvalue weighted by atomic mass is 19.1. The Morgan fingerprint density at radius 2 is 2.15 bits per heavy atom. The number of amides is 1. The molecule has 134 valence electrons. The van der Waals surface area contributed by atoms with Crippen molar-refractivity contribution in [2.75, 3.05) is 19.7 Å². The van der Waals surface area contributed by atoms with E-state index in [2.05, 4.69) is 10.1 Å². The zero-order valence-electron chi connectivity index (χ0n) is 14.5. The number of nitrogens with zero attached hydrogens (tertiary/aromatic N) is 3. The predicted octanol–water partition coefficient (Wildman–Crippen LogP) is 3.20. The molecule has 7 heteroatoms. The summed E-state index contributed by atoms with van der Waals surface area (Å²) in [5.41, 5.74) is 1.88. The van der Waals surface area contributed by atoms with Gasteiger partial charge in [-0.2, -0.15) is 0 Å². The molecule has 1 aliphatic rings. The molecule has 1 atom stereocenters. The van der Waals surface area contributed by atoms with Crippen molar-refractivity contribution in [3.8, 4) is 11.3 Å². The van der Waals surface area contributed by atoms with Crippen molar-refractivity contribution in [2.45, 2.75) is 20.0 Å². The quantitative estimate of drug-likeness (QED) is 0.706. The number of rotatable bonds is 2. The Kier molecular flexibility index (Phi) is 4.16. The number of ether oxygens (including phenoxy) is 1. The average Bonchev–Trinajstić information content (AvgIpc) is 3.02. The maximum Gasteiger partial charge on any atom is 0.259 e. The minimum atomic E-state index is -0.408. The van der Waals surface area contributed by atoms with Crippen molar-refractivity contribution < 1.29 is 18.4 Å². The number of pyridine rings is 1. The molecule has 1 amide bonds. The smallest absolute Gasteiger partial charge is 0.259 e. The van der Waals surface area contributed by atoms with Crippen LogP contribution >= 0.6 is 0 Å². The van der Waals surface area contributed by atoms with Crippen molar-refractivity contribution in [1.29, 1.82) is 0 Å². The van der Waals surface area contributed by atoms with Gasteiger partial charge in [0.05, 0.1) is 35.0 Å². The lowest BCUT2D eigenvalue weighted by molar-refractivity contribution is -0.0123. The van der Waals surface area contributed by atoms with Gasteiger partial charge in [-0.25, -0.2) is 9.37 Å². The van der Waals surface area contributed by atoms with Crippen LogP contribution in [0, 0.1) is 12.7 Å². The first-order chi connectivity index (χ1) is 12.5. The van der Waals surface area contributed by atoms with E-state index in [0.29, 0.717) is 47.6 Å². The molecule has 2 aromatic heterocycles. The molecule has 0 unspecified atom stereocenters. The fraction of sp³-hybridized carbons (Fsp3) is 0.316. The van der Waals surface area contributed by atoms with Crippen LogP contribution in [0.1, 0.15) is 23.0 Å². The molecule has 4 rings (SSSR count). The number of hydrogen-bond acceptors (Lipinski definition) is 5. The monoisotopic (exact) mass is 355 g/mol. The second-order valence-electron chi connectivity index (χ2n) is 6.42. The summed E-state index contributed by atoms with van der Waals surface area (Å²) in [6, 6.07) is 7.93. The molecule has 0 radical (unpaired) electrons. The van der Waals surface area contributed by atoms with E-state index in [4.69, 9.17) is 9.26 Å². The summed E-state index contributed by atoms with van der Waals surface area (Å²) < 4.78 is 25.0. The second-order valence-corrected chi connectivity index (χ2v) is 6.42. The van der Waals surface area contributed by atoms with E-state index in [-0.39, 0.29) is 17.7 Å². The Balaban J connectivity index is 1.86. The zero-order valence-corrected chi connectivity index (χ0v) is 14.5. The molecule has 1 aliphatic heterocycles. The number of aromatic nitrogens is 2. The molecule has 0 N–H and O–H groups in total. The molecule has 0 saturated carbocycles. The fourth-order valence-electron chi connectivity index (χ4n) is 3.24. The van der Waals surface area contributed by atoms with Crippen LogP contribution in [-0.4, -0.2) is 46.7 Å². The molecule has 1 saturated heterocycles. The van der Waals surface area contributed by atoms with Crippen molar-refractivity contribution in [3.63, 3.8) is 0 Å². The number of aryl methyl sites for hydroxylation is 1. The highest BCUT2D eigenvalue weighted by Crippen LogP contribution is 2.29. The maximum absolute atomic E-state index is 14.2. The summed E-state index contributed by atoms with van der Waals surface area (Å²) in [7, 11) is 0. The van der Waals surface area contributed by atoms with Gasteiger partial charge in [0.2, 0.25) is 0 Å². The van der Waals surface area contributed by atoms with Crippen molar-refractivity contribution in [1.82, 2.24) is 15.0 Å². The topological polar surface area (TPSA) is 68.5 Å². The molecule has 6 nitrogen and oxygen atoms in total. The van der Waals surface area contributed by atoms with E-state index < -0.39 is 5.82 Å². The van der Waals surface area contributed by atoms with E-state index in [1.807, 2.05) is 6.92 Å². The normalized spacial score (nSPS) is 17.7. The van der Waals surface area contributed by atoms with Crippen LogP contribution in [0.3, 0.4) is 0 Å². The zero-order chi connectivity index (χ0) is 18.3. The number of halogens is 1. The number of benzene rings is 1. The van der Waals surface area contributed by atoms with Gasteiger partial charge in [-0.3, -0.25) is 4.79 Å². The van der Waals surface area contributed by atoms with E-state index in [0.717, 1.165) is 0 Å². The Morgan fingerprint density at radius 3 is 2.92 bits per heavy atom. The van der Waals surface area contributed by atoms with E-state index in [1.165, 1.54) is 6.07 Å². The number of fused-ring (bicyclic) bond motifs is 1. The van der Waals surface area contributed by atoms with Crippen molar-refractivity contribution >= 4 is 17.0 Å². The molecule has 3 heterocycles. The summed E-state index contributed by atoms with van der Waals surface area (Å²) in [4.78, 5) is 19.3. The molecule has 1 aromatic carbocycles. The molecule has 0 bridgehead atoms. The third-order valence-corrected chi connectivity index (χ3v) is 4.53. The lowest BCUT2D eigenvalue weighted by Crippen LogP contribution is -2.44. The van der Waals surface area contributed by atoms with Crippen molar-refractivity contribution in [2.24, 2.45) is 0 Å². The van der Waals surface area contributed by atoms with Crippen LogP contribution in [0.25, 0.3) is 22.4 Å². The first kappa shape index (κ1) is 16.7. The fourth-order valence-corrected chi connectivity index (χ4v) is 3.24. The van der Waals surface area contributed by atoms with Gasteiger partial charge < -0.3 is 14.2 Å². The molecule has 26 heavy (non-hydrogen) atoms. The number of hydrogen-bond donors (Lipinski definition) is 0.